The van der Waals surface area contributed by atoms with Crippen LogP contribution in [0.15, 0.2) is 0 Å². The third-order valence-corrected chi connectivity index (χ3v) is 0. The van der Waals surface area contributed by atoms with Crippen molar-refractivity contribution in [1.29, 1.82) is 0 Å². The second-order valence-corrected chi connectivity index (χ2v) is 5.95. The first-order valence-electron chi connectivity index (χ1n) is 1.20. The van der Waals surface area contributed by atoms with Crippen LogP contribution in [0.2, 0.25) is 0 Å². The molecule has 0 saturated heterocycles. The summed E-state index contributed by atoms with van der Waals surface area (Å²) in [7, 11) is 4.74. The zero-order valence-corrected chi connectivity index (χ0v) is 10.9. The van der Waals surface area contributed by atoms with Gasteiger partial charge in [-0.3, -0.25) is 8.42 Å². The predicted octanol–water partition coefficient (Wildman–Crippen LogP) is -0.342. The van der Waals surface area contributed by atoms with E-state index in [0.717, 1.165) is 0 Å². The zero-order chi connectivity index (χ0) is 7.21. The summed E-state index contributed by atoms with van der Waals surface area (Å²) in [5.74, 6) is 0. The minimum absolute atomic E-state index is 0. The fraction of sp³-hybridized carbons (Fsp3) is 0. The standard InChI is InChI=1S/2ClH.Mg.H2O4S.Zn/c;;;1-5(2,3)4;/h2*1H;;(H2,1,2,3,4);/q;;+2;;+2/p-4. The van der Waals surface area contributed by atoms with E-state index in [0.29, 0.717) is 0 Å². The Morgan fingerprint density at radius 1 is 1.22 bits per heavy atom. The van der Waals surface area contributed by atoms with Crippen LogP contribution in [0.25, 0.3) is 0 Å². The fourth-order valence-corrected chi connectivity index (χ4v) is 0. The Morgan fingerprint density at radius 3 is 1.22 bits per heavy atom. The van der Waals surface area contributed by atoms with Crippen molar-refractivity contribution in [2.75, 3.05) is 0 Å². The van der Waals surface area contributed by atoms with Gasteiger partial charge in [-0.15, -0.1) is 0 Å². The van der Waals surface area contributed by atoms with Crippen molar-refractivity contribution in [1.82, 2.24) is 0 Å². The van der Waals surface area contributed by atoms with Crippen LogP contribution in [-0.2, 0) is 25.5 Å². The first-order valence-corrected chi connectivity index (χ1v) is 10.3. The number of hydrogen-bond donors (Lipinski definition) is 0. The molecule has 0 aromatic heterocycles. The predicted molar refractivity (Wildman–Crippen MR) is 27.9 cm³/mol. The summed E-state index contributed by atoms with van der Waals surface area (Å²) in [5, 5.41) is 0. The molecule has 9 heteroatoms. The van der Waals surface area contributed by atoms with E-state index < -0.39 is 25.5 Å². The Hall–Kier alpha value is 1.84. The molecule has 0 aliphatic heterocycles. The van der Waals surface area contributed by atoms with Crippen LogP contribution in [0.1, 0.15) is 0 Å². The third-order valence-electron chi connectivity index (χ3n) is 0. The topological polar surface area (TPSA) is 80.3 Å². The van der Waals surface area contributed by atoms with Gasteiger partial charge < -0.3 is 9.11 Å². The second-order valence-electron chi connectivity index (χ2n) is 0.509. The molecule has 0 amide bonds. The van der Waals surface area contributed by atoms with Crippen LogP contribution >= 0.6 is 19.4 Å². The fourth-order valence-electron chi connectivity index (χ4n) is 0. The molecule has 0 radical (unpaired) electrons. The van der Waals surface area contributed by atoms with Crippen molar-refractivity contribution < 1.29 is 32.7 Å². The summed E-state index contributed by atoms with van der Waals surface area (Å²) in [6.45, 7) is 0. The first-order chi connectivity index (χ1) is 3.41. The van der Waals surface area contributed by atoms with E-state index in [-0.39, 0.29) is 23.1 Å². The van der Waals surface area contributed by atoms with Gasteiger partial charge in [0.2, 0.25) is 0 Å². The molecule has 0 N–H and O–H groups in total. The van der Waals surface area contributed by atoms with Gasteiger partial charge in [-0.25, -0.2) is 0 Å². The average molecular weight is 257 g/mol. The Bertz CT molecular complexity index is 113. The largest absolute Gasteiger partial charge is 2.00 e. The van der Waals surface area contributed by atoms with E-state index in [4.69, 9.17) is 36.9 Å². The number of rotatable bonds is 0. The molecule has 0 bridgehead atoms. The molecule has 0 aliphatic rings. The minimum atomic E-state index is -5.17. The SMILES string of the molecule is O=S(=O)([O-])[O-].[Cl][Zn][Cl].[Mg+2]. The molecular weight excluding hydrogens is 257 g/mol. The Balaban J connectivity index is -0.0000000800. The van der Waals surface area contributed by atoms with Gasteiger partial charge in [0.05, 0.1) is 0 Å². The van der Waals surface area contributed by atoms with Crippen LogP contribution in [0.4, 0.5) is 0 Å². The third kappa shape index (κ3) is 179. The molecule has 0 rings (SSSR count). The molecule has 0 fully saturated rings. The smallest absolute Gasteiger partial charge is 2.00 e. The van der Waals surface area contributed by atoms with E-state index in [2.05, 4.69) is 0 Å². The van der Waals surface area contributed by atoms with Crippen molar-refractivity contribution in [3.63, 3.8) is 0 Å². The average Bonchev–Trinajstić information content (AvgIpc) is 1.27. The van der Waals surface area contributed by atoms with E-state index in [1.54, 1.807) is 0 Å². The van der Waals surface area contributed by atoms with Gasteiger partial charge in [0.15, 0.2) is 0 Å². The quantitative estimate of drug-likeness (QED) is 0.337. The molecular formula is Cl2MgO4SZn. The number of hydrogen-bond acceptors (Lipinski definition) is 4. The molecule has 0 spiro atoms. The maximum absolute atomic E-state index is 8.52. The summed E-state index contributed by atoms with van der Waals surface area (Å²) >= 11 is -0.931. The summed E-state index contributed by atoms with van der Waals surface area (Å²) in [6.07, 6.45) is 0. The van der Waals surface area contributed by atoms with Crippen LogP contribution in [0, 0.1) is 0 Å². The molecule has 0 atom stereocenters. The zero-order valence-electron chi connectivity index (χ0n) is 4.21. The van der Waals surface area contributed by atoms with Gasteiger partial charge in [0, 0.05) is 10.4 Å². The van der Waals surface area contributed by atoms with E-state index in [1.165, 1.54) is 0 Å². The molecule has 48 valence electrons. The van der Waals surface area contributed by atoms with Gasteiger partial charge in [-0.05, 0) is 0 Å². The maximum Gasteiger partial charge on any atom is 2.00 e. The van der Waals surface area contributed by atoms with Gasteiger partial charge in [0.1, 0.15) is 0 Å². The molecule has 0 aromatic rings. The van der Waals surface area contributed by atoms with Gasteiger partial charge in [0.25, 0.3) is 0 Å². The van der Waals surface area contributed by atoms with Crippen LogP contribution in [0.5, 0.6) is 0 Å². The summed E-state index contributed by atoms with van der Waals surface area (Å²) in [6, 6.07) is 0. The molecule has 4 nitrogen and oxygen atoms in total. The normalized spacial score (nSPS) is 7.56. The van der Waals surface area contributed by atoms with E-state index in [9.17, 15) is 0 Å². The van der Waals surface area contributed by atoms with Gasteiger partial charge in [-0.1, -0.05) is 0 Å². The van der Waals surface area contributed by atoms with Crippen molar-refractivity contribution >= 4 is 52.8 Å². The Morgan fingerprint density at radius 2 is 1.22 bits per heavy atom. The summed E-state index contributed by atoms with van der Waals surface area (Å²) < 4.78 is 34.1. The maximum atomic E-state index is 8.52. The molecule has 9 heavy (non-hydrogen) atoms. The van der Waals surface area contributed by atoms with Crippen LogP contribution in [0.3, 0.4) is 0 Å². The summed E-state index contributed by atoms with van der Waals surface area (Å²) in [5.41, 5.74) is 0. The van der Waals surface area contributed by atoms with Gasteiger partial charge in [-0.2, -0.15) is 0 Å². The second kappa shape index (κ2) is 9.84. The van der Waals surface area contributed by atoms with Crippen molar-refractivity contribution in [3.8, 4) is 0 Å². The monoisotopic (exact) mass is 254 g/mol. The van der Waals surface area contributed by atoms with Crippen LogP contribution < -0.4 is 0 Å². The molecule has 0 aliphatic carbocycles. The first kappa shape index (κ1) is 17.1. The van der Waals surface area contributed by atoms with E-state index >= 15 is 0 Å². The molecule has 0 heterocycles. The Kier molecular flexibility index (Phi) is 18.7. The molecule has 0 saturated carbocycles. The Labute approximate surface area is 84.7 Å². The molecule has 0 unspecified atom stereocenters. The van der Waals surface area contributed by atoms with Crippen molar-refractivity contribution in [3.05, 3.63) is 0 Å². The molecule has 0 aromatic carbocycles. The minimum Gasteiger partial charge on any atom is 2.00 e. The van der Waals surface area contributed by atoms with Crippen molar-refractivity contribution in [2.24, 2.45) is 0 Å². The van der Waals surface area contributed by atoms with Crippen molar-refractivity contribution in [2.45, 2.75) is 0 Å². The van der Waals surface area contributed by atoms with Gasteiger partial charge >= 0.3 is 57.6 Å². The summed E-state index contributed by atoms with van der Waals surface area (Å²) in [4.78, 5) is 0. The van der Waals surface area contributed by atoms with E-state index in [1.807, 2.05) is 0 Å². The van der Waals surface area contributed by atoms with Crippen LogP contribution in [-0.4, -0.2) is 40.6 Å². The number of halogens is 2.